The number of hydrogen-bond acceptors (Lipinski definition) is 3. The number of hydrogen-bond donors (Lipinski definition) is 1. The fraction of sp³-hybridized carbons (Fsp3) is 0.250. The van der Waals surface area contributed by atoms with E-state index in [-0.39, 0.29) is 6.04 Å². The van der Waals surface area contributed by atoms with E-state index < -0.39 is 0 Å². The highest BCUT2D eigenvalue weighted by molar-refractivity contribution is 9.10. The summed E-state index contributed by atoms with van der Waals surface area (Å²) in [6.07, 6.45) is 0.864. The minimum atomic E-state index is 0.139. The van der Waals surface area contributed by atoms with Crippen LogP contribution in [0.25, 0.3) is 0 Å². The van der Waals surface area contributed by atoms with Gasteiger partial charge in [0.05, 0.1) is 11.6 Å². The molecule has 20 heavy (non-hydrogen) atoms. The maximum Gasteiger partial charge on any atom is 0.133 e. The van der Waals surface area contributed by atoms with E-state index in [1.54, 1.807) is 18.9 Å². The van der Waals surface area contributed by atoms with Gasteiger partial charge in [-0.2, -0.15) is 0 Å². The topological polar surface area (TPSA) is 35.2 Å². The summed E-state index contributed by atoms with van der Waals surface area (Å²) < 4.78 is 6.20. The van der Waals surface area contributed by atoms with Crippen LogP contribution in [0.2, 0.25) is 0 Å². The first kappa shape index (κ1) is 15.4. The van der Waals surface area contributed by atoms with Gasteiger partial charge in [-0.15, -0.1) is 11.8 Å². The maximum atomic E-state index is 6.21. The highest BCUT2D eigenvalue weighted by Crippen LogP contribution is 2.26. The summed E-state index contributed by atoms with van der Waals surface area (Å²) in [5.74, 6) is 1.76. The zero-order valence-corrected chi connectivity index (χ0v) is 13.8. The highest BCUT2D eigenvalue weighted by atomic mass is 79.9. The largest absolute Gasteiger partial charge is 0.496 e. The molecule has 0 aliphatic rings. The molecule has 2 aromatic carbocycles. The Morgan fingerprint density at radius 2 is 1.95 bits per heavy atom. The fourth-order valence-corrected chi connectivity index (χ4v) is 3.38. The zero-order valence-electron chi connectivity index (χ0n) is 11.4. The SMILES string of the molecule is COc1ccc(CC(N)CSc2ccccc2)cc1Br. The van der Waals surface area contributed by atoms with E-state index in [4.69, 9.17) is 10.5 Å². The lowest BCUT2D eigenvalue weighted by molar-refractivity contribution is 0.412. The van der Waals surface area contributed by atoms with Crippen molar-refractivity contribution in [2.45, 2.75) is 17.4 Å². The van der Waals surface area contributed by atoms with E-state index in [1.807, 2.05) is 12.1 Å². The molecule has 0 aliphatic heterocycles. The molecule has 0 bridgehead atoms. The summed E-state index contributed by atoms with van der Waals surface area (Å²) in [5, 5.41) is 0. The zero-order chi connectivity index (χ0) is 14.4. The van der Waals surface area contributed by atoms with Gasteiger partial charge in [-0.05, 0) is 52.2 Å². The molecular weight excluding hydrogens is 334 g/mol. The van der Waals surface area contributed by atoms with E-state index >= 15 is 0 Å². The lowest BCUT2D eigenvalue weighted by Gasteiger charge is -2.12. The fourth-order valence-electron chi connectivity index (χ4n) is 1.92. The second-order valence-electron chi connectivity index (χ2n) is 4.56. The van der Waals surface area contributed by atoms with Crippen LogP contribution in [-0.4, -0.2) is 18.9 Å². The predicted molar refractivity (Wildman–Crippen MR) is 89.5 cm³/mol. The van der Waals surface area contributed by atoms with Crippen molar-refractivity contribution in [3.05, 3.63) is 58.6 Å². The Morgan fingerprint density at radius 3 is 2.60 bits per heavy atom. The highest BCUT2D eigenvalue weighted by Gasteiger charge is 2.07. The lowest BCUT2D eigenvalue weighted by atomic mass is 10.1. The molecule has 2 rings (SSSR count). The van der Waals surface area contributed by atoms with Crippen LogP contribution in [0.3, 0.4) is 0 Å². The molecule has 0 saturated carbocycles. The van der Waals surface area contributed by atoms with Crippen molar-refractivity contribution >= 4 is 27.7 Å². The van der Waals surface area contributed by atoms with Gasteiger partial charge in [0, 0.05) is 16.7 Å². The first-order valence-corrected chi connectivity index (χ1v) is 8.22. The Kier molecular flexibility index (Phi) is 5.95. The van der Waals surface area contributed by atoms with Crippen molar-refractivity contribution in [2.75, 3.05) is 12.9 Å². The van der Waals surface area contributed by atoms with Gasteiger partial charge in [-0.25, -0.2) is 0 Å². The summed E-state index contributed by atoms with van der Waals surface area (Å²) in [4.78, 5) is 1.26. The molecule has 2 N–H and O–H groups in total. The summed E-state index contributed by atoms with van der Waals surface area (Å²) in [7, 11) is 1.67. The number of halogens is 1. The molecular formula is C16H18BrNOS. The Morgan fingerprint density at radius 1 is 1.20 bits per heavy atom. The van der Waals surface area contributed by atoms with Crippen LogP contribution in [0.5, 0.6) is 5.75 Å². The van der Waals surface area contributed by atoms with Crippen LogP contribution in [0.4, 0.5) is 0 Å². The normalized spacial score (nSPS) is 12.2. The molecule has 0 heterocycles. The smallest absolute Gasteiger partial charge is 0.133 e. The van der Waals surface area contributed by atoms with Crippen LogP contribution >= 0.6 is 27.7 Å². The predicted octanol–water partition coefficient (Wildman–Crippen LogP) is 4.12. The van der Waals surface area contributed by atoms with Crippen molar-refractivity contribution in [2.24, 2.45) is 5.73 Å². The molecule has 0 radical (unpaired) electrons. The standard InChI is InChI=1S/C16H18BrNOS/c1-19-16-8-7-12(10-15(16)17)9-13(18)11-20-14-5-3-2-4-6-14/h2-8,10,13H,9,11,18H2,1H3. The van der Waals surface area contributed by atoms with E-state index in [9.17, 15) is 0 Å². The molecule has 0 spiro atoms. The van der Waals surface area contributed by atoms with E-state index in [1.165, 1.54) is 10.5 Å². The number of benzene rings is 2. The summed E-state index contributed by atoms with van der Waals surface area (Å²) >= 11 is 5.30. The average Bonchev–Trinajstić information content (AvgIpc) is 2.46. The number of ether oxygens (including phenoxy) is 1. The third kappa shape index (κ3) is 4.54. The van der Waals surface area contributed by atoms with E-state index in [0.29, 0.717) is 0 Å². The first-order chi connectivity index (χ1) is 9.69. The van der Waals surface area contributed by atoms with Gasteiger partial charge >= 0.3 is 0 Å². The first-order valence-electron chi connectivity index (χ1n) is 6.45. The van der Waals surface area contributed by atoms with Crippen molar-refractivity contribution in [3.8, 4) is 5.75 Å². The quantitative estimate of drug-likeness (QED) is 0.795. The second-order valence-corrected chi connectivity index (χ2v) is 6.50. The molecule has 0 fully saturated rings. The minimum absolute atomic E-state index is 0.139. The molecule has 2 nitrogen and oxygen atoms in total. The van der Waals surface area contributed by atoms with Crippen molar-refractivity contribution in [3.63, 3.8) is 0 Å². The molecule has 0 aromatic heterocycles. The third-order valence-electron chi connectivity index (χ3n) is 2.92. The second kappa shape index (κ2) is 7.72. The number of nitrogens with two attached hydrogens (primary N) is 1. The monoisotopic (exact) mass is 351 g/mol. The Balaban J connectivity index is 1.88. The van der Waals surface area contributed by atoms with Crippen molar-refractivity contribution in [1.29, 1.82) is 0 Å². The van der Waals surface area contributed by atoms with E-state index in [0.717, 1.165) is 22.4 Å². The Labute approximate surface area is 132 Å². The molecule has 106 valence electrons. The average molecular weight is 352 g/mol. The van der Waals surface area contributed by atoms with Crippen LogP contribution in [0.15, 0.2) is 57.9 Å². The molecule has 1 atom stereocenters. The Hall–Kier alpha value is -0.970. The van der Waals surface area contributed by atoms with Gasteiger partial charge in [0.2, 0.25) is 0 Å². The lowest BCUT2D eigenvalue weighted by Crippen LogP contribution is -2.25. The summed E-state index contributed by atoms with van der Waals surface area (Å²) in [6.45, 7) is 0. The molecule has 0 amide bonds. The van der Waals surface area contributed by atoms with Gasteiger partial charge in [-0.1, -0.05) is 24.3 Å². The van der Waals surface area contributed by atoms with Gasteiger partial charge in [-0.3, -0.25) is 0 Å². The van der Waals surface area contributed by atoms with Crippen LogP contribution < -0.4 is 10.5 Å². The summed E-state index contributed by atoms with van der Waals surface area (Å²) in [5.41, 5.74) is 7.43. The van der Waals surface area contributed by atoms with Crippen LogP contribution in [-0.2, 0) is 6.42 Å². The van der Waals surface area contributed by atoms with E-state index in [2.05, 4.69) is 52.3 Å². The van der Waals surface area contributed by atoms with Crippen LogP contribution in [0, 0.1) is 0 Å². The number of thioether (sulfide) groups is 1. The van der Waals surface area contributed by atoms with Gasteiger partial charge in [0.25, 0.3) is 0 Å². The molecule has 2 aromatic rings. The van der Waals surface area contributed by atoms with Gasteiger partial charge in [0.1, 0.15) is 5.75 Å². The van der Waals surface area contributed by atoms with Crippen molar-refractivity contribution < 1.29 is 4.74 Å². The minimum Gasteiger partial charge on any atom is -0.496 e. The van der Waals surface area contributed by atoms with Crippen molar-refractivity contribution in [1.82, 2.24) is 0 Å². The Bertz CT molecular complexity index is 547. The molecule has 0 aliphatic carbocycles. The number of methoxy groups -OCH3 is 1. The van der Waals surface area contributed by atoms with Gasteiger partial charge < -0.3 is 10.5 Å². The maximum absolute atomic E-state index is 6.21. The number of rotatable bonds is 6. The molecule has 1 unspecified atom stereocenters. The molecule has 4 heteroatoms. The molecule has 0 saturated heterocycles. The third-order valence-corrected chi connectivity index (χ3v) is 4.74. The van der Waals surface area contributed by atoms with Crippen LogP contribution in [0.1, 0.15) is 5.56 Å². The summed E-state index contributed by atoms with van der Waals surface area (Å²) in [6, 6.07) is 16.6. The van der Waals surface area contributed by atoms with Gasteiger partial charge in [0.15, 0.2) is 0 Å².